The van der Waals surface area contributed by atoms with Gasteiger partial charge in [0.1, 0.15) is 4.60 Å². The second kappa shape index (κ2) is 8.37. The molecule has 0 saturated carbocycles. The summed E-state index contributed by atoms with van der Waals surface area (Å²) >= 11 is 3.16. The maximum atomic E-state index is 13.6. The van der Waals surface area contributed by atoms with Crippen molar-refractivity contribution < 1.29 is 31.1 Å². The second-order valence-corrected chi connectivity index (χ2v) is 7.38. The lowest BCUT2D eigenvalue weighted by atomic mass is 9.84. The van der Waals surface area contributed by atoms with Gasteiger partial charge in [0.05, 0.1) is 17.0 Å². The Morgan fingerprint density at radius 2 is 1.39 bits per heavy atom. The maximum Gasteiger partial charge on any atom is 0.416 e. The molecule has 1 aromatic heterocycles. The number of hydrogen-bond acceptors (Lipinski definition) is 2. The molecule has 0 atom stereocenters. The Morgan fingerprint density at radius 1 is 0.935 bits per heavy atom. The van der Waals surface area contributed by atoms with Gasteiger partial charge < -0.3 is 5.32 Å². The molecule has 4 nitrogen and oxygen atoms in total. The fraction of sp³-hybridized carbons (Fsp3) is 0.200. The van der Waals surface area contributed by atoms with E-state index in [4.69, 9.17) is 0 Å². The van der Waals surface area contributed by atoms with Crippen molar-refractivity contribution in [3.05, 3.63) is 81.5 Å². The molecule has 0 radical (unpaired) electrons. The Bertz CT molecular complexity index is 1030. The fourth-order valence-electron chi connectivity index (χ4n) is 3.17. The Balaban J connectivity index is 2.20. The molecule has 0 aliphatic carbocycles. The summed E-state index contributed by atoms with van der Waals surface area (Å²) in [6.07, 6.45) is -9.76. The van der Waals surface area contributed by atoms with Gasteiger partial charge in [-0.05, 0) is 39.2 Å². The van der Waals surface area contributed by atoms with E-state index in [0.717, 1.165) is 36.4 Å². The molecule has 0 spiro atoms. The van der Waals surface area contributed by atoms with Gasteiger partial charge in [-0.2, -0.15) is 31.4 Å². The second-order valence-electron chi connectivity index (χ2n) is 6.57. The van der Waals surface area contributed by atoms with Crippen molar-refractivity contribution in [2.24, 2.45) is 7.05 Å². The molecule has 1 N–H and O–H groups in total. The van der Waals surface area contributed by atoms with Crippen LogP contribution in [0.3, 0.4) is 0 Å². The predicted octanol–water partition coefficient (Wildman–Crippen LogP) is 5.99. The van der Waals surface area contributed by atoms with Gasteiger partial charge in [-0.25, -0.2) is 0 Å². The van der Waals surface area contributed by atoms with Crippen LogP contribution in [0.4, 0.5) is 32.2 Å². The molecule has 3 aromatic rings. The van der Waals surface area contributed by atoms with Crippen molar-refractivity contribution in [2.45, 2.75) is 18.3 Å². The standard InChI is InChI=1S/C20H14BrF6N3O/c1-30-15(21)10-16(29-30)28-18(31)17(11-6-2-4-8-13(11)19(22,23)24)12-7-3-5-9-14(12)20(25,26)27/h2-10,17H,1H3,(H,28,29,31). The SMILES string of the molecule is Cn1nc(NC(=O)C(c2ccccc2C(F)(F)F)c2ccccc2C(F)(F)F)cc1Br. The van der Waals surface area contributed by atoms with Crippen molar-refractivity contribution in [1.29, 1.82) is 0 Å². The van der Waals surface area contributed by atoms with Crippen LogP contribution in [0.15, 0.2) is 59.2 Å². The number of aromatic nitrogens is 2. The molecule has 0 saturated heterocycles. The normalized spacial score (nSPS) is 12.3. The quantitative estimate of drug-likeness (QED) is 0.442. The molecule has 1 heterocycles. The summed E-state index contributed by atoms with van der Waals surface area (Å²) in [6, 6.07) is 9.49. The van der Waals surface area contributed by atoms with E-state index < -0.39 is 46.4 Å². The lowest BCUT2D eigenvalue weighted by Gasteiger charge is -2.24. The first-order chi connectivity index (χ1) is 14.4. The molecule has 0 bridgehead atoms. The van der Waals surface area contributed by atoms with Gasteiger partial charge in [0, 0.05) is 13.1 Å². The van der Waals surface area contributed by atoms with E-state index in [2.05, 4.69) is 26.3 Å². The van der Waals surface area contributed by atoms with Crippen LogP contribution >= 0.6 is 15.9 Å². The molecule has 0 aliphatic rings. The van der Waals surface area contributed by atoms with E-state index in [1.165, 1.54) is 29.9 Å². The Kier molecular flexibility index (Phi) is 6.17. The number of benzene rings is 2. The van der Waals surface area contributed by atoms with Gasteiger partial charge in [-0.15, -0.1) is 0 Å². The summed E-state index contributed by atoms with van der Waals surface area (Å²) < 4.78 is 83.6. The van der Waals surface area contributed by atoms with Crippen LogP contribution in [-0.4, -0.2) is 15.7 Å². The number of nitrogens with zero attached hydrogens (tertiary/aromatic N) is 2. The van der Waals surface area contributed by atoms with E-state index in [-0.39, 0.29) is 5.82 Å². The minimum atomic E-state index is -4.88. The lowest BCUT2D eigenvalue weighted by molar-refractivity contribution is -0.138. The number of rotatable bonds is 4. The van der Waals surface area contributed by atoms with Crippen LogP contribution in [-0.2, 0) is 24.2 Å². The van der Waals surface area contributed by atoms with Gasteiger partial charge in [0.2, 0.25) is 5.91 Å². The molecule has 0 fully saturated rings. The zero-order valence-electron chi connectivity index (χ0n) is 15.7. The molecule has 0 aliphatic heterocycles. The van der Waals surface area contributed by atoms with Crippen LogP contribution in [0.25, 0.3) is 0 Å². The number of hydrogen-bond donors (Lipinski definition) is 1. The number of halogens is 7. The third kappa shape index (κ3) is 4.92. The average molecular weight is 506 g/mol. The van der Waals surface area contributed by atoms with Crippen LogP contribution in [0.2, 0.25) is 0 Å². The summed E-state index contributed by atoms with van der Waals surface area (Å²) in [5.74, 6) is -3.01. The van der Waals surface area contributed by atoms with Gasteiger partial charge in [-0.1, -0.05) is 36.4 Å². The van der Waals surface area contributed by atoms with Gasteiger partial charge in [0.15, 0.2) is 5.82 Å². The van der Waals surface area contributed by atoms with Crippen molar-refractivity contribution in [1.82, 2.24) is 9.78 Å². The number of carbonyl (C=O) groups is 1. The maximum absolute atomic E-state index is 13.6. The van der Waals surface area contributed by atoms with Gasteiger partial charge >= 0.3 is 12.4 Å². The number of aryl methyl sites for hydroxylation is 1. The number of amides is 1. The molecule has 1 amide bonds. The highest BCUT2D eigenvalue weighted by atomic mass is 79.9. The number of carbonyl (C=O) groups excluding carboxylic acids is 1. The van der Waals surface area contributed by atoms with Crippen LogP contribution in [0.1, 0.15) is 28.2 Å². The zero-order valence-corrected chi connectivity index (χ0v) is 17.3. The average Bonchev–Trinajstić information content (AvgIpc) is 2.98. The van der Waals surface area contributed by atoms with E-state index >= 15 is 0 Å². The van der Waals surface area contributed by atoms with Crippen molar-refractivity contribution >= 4 is 27.7 Å². The molecule has 3 rings (SSSR count). The molecule has 11 heteroatoms. The topological polar surface area (TPSA) is 46.9 Å². The molecule has 0 unspecified atom stereocenters. The Labute approximate surface area is 181 Å². The third-order valence-electron chi connectivity index (χ3n) is 4.49. The summed E-state index contributed by atoms with van der Waals surface area (Å²) in [4.78, 5) is 13.1. The van der Waals surface area contributed by atoms with E-state index in [0.29, 0.717) is 4.60 Å². The summed E-state index contributed by atoms with van der Waals surface area (Å²) in [5.41, 5.74) is -3.60. The minimum Gasteiger partial charge on any atom is -0.308 e. The van der Waals surface area contributed by atoms with Gasteiger partial charge in [-0.3, -0.25) is 9.48 Å². The minimum absolute atomic E-state index is 0.0293. The number of nitrogens with one attached hydrogen (secondary N) is 1. The number of alkyl halides is 6. The van der Waals surface area contributed by atoms with E-state index in [1.807, 2.05) is 0 Å². The molecule has 2 aromatic carbocycles. The van der Waals surface area contributed by atoms with Crippen LogP contribution < -0.4 is 5.32 Å². The zero-order chi connectivity index (χ0) is 23.0. The summed E-state index contributed by atoms with van der Waals surface area (Å²) in [6.45, 7) is 0. The van der Waals surface area contributed by atoms with Crippen LogP contribution in [0.5, 0.6) is 0 Å². The monoisotopic (exact) mass is 505 g/mol. The first kappa shape index (κ1) is 22.9. The highest BCUT2D eigenvalue weighted by molar-refractivity contribution is 9.10. The molecule has 164 valence electrons. The van der Waals surface area contributed by atoms with Crippen molar-refractivity contribution in [3.8, 4) is 0 Å². The number of anilines is 1. The smallest absolute Gasteiger partial charge is 0.308 e. The highest BCUT2D eigenvalue weighted by Crippen LogP contribution is 2.42. The van der Waals surface area contributed by atoms with E-state index in [9.17, 15) is 31.1 Å². The summed E-state index contributed by atoms with van der Waals surface area (Å²) in [5, 5.41) is 6.28. The van der Waals surface area contributed by atoms with Crippen LogP contribution in [0, 0.1) is 0 Å². The largest absolute Gasteiger partial charge is 0.416 e. The van der Waals surface area contributed by atoms with Crippen molar-refractivity contribution in [2.75, 3.05) is 5.32 Å². The fourth-order valence-corrected chi connectivity index (χ4v) is 3.46. The first-order valence-corrected chi connectivity index (χ1v) is 9.51. The van der Waals surface area contributed by atoms with Gasteiger partial charge in [0.25, 0.3) is 0 Å². The predicted molar refractivity (Wildman–Crippen MR) is 104 cm³/mol. The Morgan fingerprint density at radius 3 is 1.77 bits per heavy atom. The molecule has 31 heavy (non-hydrogen) atoms. The first-order valence-electron chi connectivity index (χ1n) is 8.72. The Hall–Kier alpha value is -2.82. The molecular weight excluding hydrogens is 492 g/mol. The van der Waals surface area contributed by atoms with Crippen molar-refractivity contribution in [3.63, 3.8) is 0 Å². The third-order valence-corrected chi connectivity index (χ3v) is 5.23. The highest BCUT2D eigenvalue weighted by Gasteiger charge is 2.41. The lowest BCUT2D eigenvalue weighted by Crippen LogP contribution is -2.27. The summed E-state index contributed by atoms with van der Waals surface area (Å²) in [7, 11) is 1.54. The molecular formula is C20H14BrF6N3O. The van der Waals surface area contributed by atoms with E-state index in [1.54, 1.807) is 0 Å².